The van der Waals surface area contributed by atoms with Crippen LogP contribution in [0.4, 0.5) is 5.69 Å². The van der Waals surface area contributed by atoms with Crippen LogP contribution in [0, 0.1) is 5.41 Å². The van der Waals surface area contributed by atoms with Crippen LogP contribution >= 0.6 is 11.3 Å². The van der Waals surface area contributed by atoms with E-state index in [1.807, 2.05) is 34.2 Å². The van der Waals surface area contributed by atoms with Gasteiger partial charge in [0.25, 0.3) is 11.8 Å². The molecule has 8 nitrogen and oxygen atoms in total. The van der Waals surface area contributed by atoms with E-state index >= 15 is 0 Å². The quantitative estimate of drug-likeness (QED) is 0.494. The van der Waals surface area contributed by atoms with Crippen molar-refractivity contribution in [2.24, 2.45) is 5.41 Å². The van der Waals surface area contributed by atoms with Crippen molar-refractivity contribution in [1.29, 1.82) is 0 Å². The Kier molecular flexibility index (Phi) is 6.51. The molecule has 0 aliphatic carbocycles. The summed E-state index contributed by atoms with van der Waals surface area (Å²) in [4.78, 5) is 31.1. The molecule has 0 radical (unpaired) electrons. The highest BCUT2D eigenvalue weighted by molar-refractivity contribution is 7.13. The van der Waals surface area contributed by atoms with Gasteiger partial charge in [0.2, 0.25) is 0 Å². The number of aliphatic hydroxyl groups is 1. The molecular weight excluding hydrogens is 452 g/mol. The maximum atomic E-state index is 13.2. The van der Waals surface area contributed by atoms with E-state index < -0.39 is 12.0 Å². The lowest BCUT2D eigenvalue weighted by Crippen LogP contribution is -2.34. The Labute approximate surface area is 203 Å². The molecule has 4 rings (SSSR count). The van der Waals surface area contributed by atoms with Crippen molar-refractivity contribution < 1.29 is 19.4 Å². The fraction of sp³-hybridized carbons (Fsp3) is 0.400. The van der Waals surface area contributed by atoms with Gasteiger partial charge < -0.3 is 25.0 Å². The topological polar surface area (TPSA) is 105 Å². The molecule has 1 aliphatic heterocycles. The summed E-state index contributed by atoms with van der Waals surface area (Å²) in [6.45, 7) is 8.74. The molecule has 0 bridgehead atoms. The highest BCUT2D eigenvalue weighted by Gasteiger charge is 2.30. The Bertz CT molecular complexity index is 1220. The van der Waals surface area contributed by atoms with Gasteiger partial charge in [-0.05, 0) is 47.9 Å². The number of fused-ring (bicyclic) bond motifs is 3. The molecule has 0 saturated heterocycles. The summed E-state index contributed by atoms with van der Waals surface area (Å²) >= 11 is 1.56. The Morgan fingerprint density at radius 1 is 1.32 bits per heavy atom. The minimum Gasteiger partial charge on any atom is -0.495 e. The fourth-order valence-electron chi connectivity index (χ4n) is 3.91. The standard InChI is InChI=1S/C25H30N4O4S/c1-14(30)23(31)27-17-12-16-15(11-18(17)33-5)8-9-29-21(16)20(19-7-6-10-34-19)28-22(29)24(32)26-13-25(2,3)4/h6-7,10-12,14,30H,8-9,13H2,1-5H3,(H,26,32)(H,27,31). The van der Waals surface area contributed by atoms with Gasteiger partial charge in [0.1, 0.15) is 17.5 Å². The van der Waals surface area contributed by atoms with Crippen molar-refractivity contribution >= 4 is 28.8 Å². The second-order valence-corrected chi connectivity index (χ2v) is 10.6. The number of amides is 2. The molecule has 3 heterocycles. The molecule has 2 aromatic heterocycles. The molecule has 0 saturated carbocycles. The number of thiophene rings is 1. The number of carbonyl (C=O) groups is 2. The van der Waals surface area contributed by atoms with E-state index in [1.165, 1.54) is 6.92 Å². The van der Waals surface area contributed by atoms with Gasteiger partial charge in [0, 0.05) is 18.7 Å². The summed E-state index contributed by atoms with van der Waals surface area (Å²) in [5, 5.41) is 17.4. The van der Waals surface area contributed by atoms with Crippen LogP contribution in [0.2, 0.25) is 0 Å². The molecule has 0 spiro atoms. The van der Waals surface area contributed by atoms with Crippen LogP contribution in [0.15, 0.2) is 29.6 Å². The van der Waals surface area contributed by atoms with Gasteiger partial charge >= 0.3 is 0 Å². The summed E-state index contributed by atoms with van der Waals surface area (Å²) in [7, 11) is 1.54. The van der Waals surface area contributed by atoms with Crippen LogP contribution in [0.3, 0.4) is 0 Å². The lowest BCUT2D eigenvalue weighted by molar-refractivity contribution is -0.123. The summed E-state index contributed by atoms with van der Waals surface area (Å²) < 4.78 is 7.47. The zero-order valence-electron chi connectivity index (χ0n) is 20.1. The van der Waals surface area contributed by atoms with Crippen LogP contribution < -0.4 is 15.4 Å². The minimum absolute atomic E-state index is 0.0519. The van der Waals surface area contributed by atoms with Gasteiger partial charge in [-0.15, -0.1) is 11.3 Å². The number of nitrogens with zero attached hydrogens (tertiary/aromatic N) is 2. The summed E-state index contributed by atoms with van der Waals surface area (Å²) in [6, 6.07) is 7.69. The number of aryl methyl sites for hydroxylation is 1. The third-order valence-corrected chi connectivity index (χ3v) is 6.50. The number of hydrogen-bond acceptors (Lipinski definition) is 6. The van der Waals surface area contributed by atoms with E-state index in [-0.39, 0.29) is 11.3 Å². The van der Waals surface area contributed by atoms with E-state index in [1.54, 1.807) is 18.4 Å². The molecule has 0 fully saturated rings. The molecule has 1 atom stereocenters. The highest BCUT2D eigenvalue weighted by Crippen LogP contribution is 2.43. The molecule has 9 heteroatoms. The average molecular weight is 483 g/mol. The van der Waals surface area contributed by atoms with Crippen molar-refractivity contribution in [3.8, 4) is 27.6 Å². The number of imidazole rings is 1. The second kappa shape index (κ2) is 9.23. The van der Waals surface area contributed by atoms with E-state index in [2.05, 4.69) is 31.4 Å². The van der Waals surface area contributed by atoms with E-state index in [0.717, 1.165) is 27.4 Å². The van der Waals surface area contributed by atoms with E-state index in [9.17, 15) is 14.7 Å². The zero-order valence-corrected chi connectivity index (χ0v) is 20.9. The van der Waals surface area contributed by atoms with Gasteiger partial charge in [0.15, 0.2) is 5.82 Å². The summed E-state index contributed by atoms with van der Waals surface area (Å²) in [5.41, 5.74) is 3.88. The number of benzene rings is 1. The first-order valence-electron chi connectivity index (χ1n) is 11.2. The molecule has 1 unspecified atom stereocenters. The summed E-state index contributed by atoms with van der Waals surface area (Å²) in [5.74, 6) is 0.155. The highest BCUT2D eigenvalue weighted by atomic mass is 32.1. The molecule has 3 aromatic rings. The van der Waals surface area contributed by atoms with Crippen LogP contribution in [0.25, 0.3) is 21.8 Å². The molecule has 1 aromatic carbocycles. The van der Waals surface area contributed by atoms with E-state index in [4.69, 9.17) is 9.72 Å². The zero-order chi connectivity index (χ0) is 24.6. The fourth-order valence-corrected chi connectivity index (χ4v) is 4.63. The Morgan fingerprint density at radius 2 is 2.09 bits per heavy atom. The Morgan fingerprint density at radius 3 is 2.71 bits per heavy atom. The van der Waals surface area contributed by atoms with Crippen LogP contribution in [0.5, 0.6) is 5.75 Å². The largest absolute Gasteiger partial charge is 0.495 e. The number of ether oxygens (including phenoxy) is 1. The van der Waals surface area contributed by atoms with Gasteiger partial charge in [-0.25, -0.2) is 4.98 Å². The van der Waals surface area contributed by atoms with Crippen molar-refractivity contribution in [1.82, 2.24) is 14.9 Å². The number of aromatic nitrogens is 2. The third-order valence-electron chi connectivity index (χ3n) is 5.63. The number of aliphatic hydroxyl groups excluding tert-OH is 1. The Hall–Kier alpha value is -3.17. The third kappa shape index (κ3) is 4.71. The van der Waals surface area contributed by atoms with Crippen molar-refractivity contribution in [3.63, 3.8) is 0 Å². The molecule has 1 aliphatic rings. The van der Waals surface area contributed by atoms with E-state index in [0.29, 0.717) is 36.8 Å². The number of nitrogens with one attached hydrogen (secondary N) is 2. The molecule has 3 N–H and O–H groups in total. The number of methoxy groups -OCH3 is 1. The Balaban J connectivity index is 1.85. The summed E-state index contributed by atoms with van der Waals surface area (Å²) in [6.07, 6.45) is -0.477. The van der Waals surface area contributed by atoms with Gasteiger partial charge in [-0.1, -0.05) is 26.8 Å². The van der Waals surface area contributed by atoms with Crippen LogP contribution in [0.1, 0.15) is 43.9 Å². The van der Waals surface area contributed by atoms with Crippen molar-refractivity contribution in [3.05, 3.63) is 41.0 Å². The smallest absolute Gasteiger partial charge is 0.287 e. The molecule has 34 heavy (non-hydrogen) atoms. The normalized spacial score (nSPS) is 13.6. The van der Waals surface area contributed by atoms with Gasteiger partial charge in [-0.3, -0.25) is 9.59 Å². The first-order valence-corrected chi connectivity index (χ1v) is 12.1. The maximum Gasteiger partial charge on any atom is 0.287 e. The number of hydrogen-bond donors (Lipinski definition) is 3. The van der Waals surface area contributed by atoms with Crippen LogP contribution in [-0.4, -0.2) is 46.2 Å². The first kappa shape index (κ1) is 24.0. The molecule has 180 valence electrons. The maximum absolute atomic E-state index is 13.2. The number of anilines is 1. The average Bonchev–Trinajstić information content (AvgIpc) is 3.44. The lowest BCUT2D eigenvalue weighted by Gasteiger charge is -2.24. The predicted octanol–water partition coefficient (Wildman–Crippen LogP) is 3.94. The van der Waals surface area contributed by atoms with Crippen molar-refractivity contribution in [2.45, 2.75) is 46.8 Å². The van der Waals surface area contributed by atoms with Gasteiger partial charge in [0.05, 0.1) is 23.4 Å². The number of rotatable bonds is 6. The molecular formula is C25H30N4O4S. The van der Waals surface area contributed by atoms with Crippen LogP contribution in [-0.2, 0) is 17.8 Å². The lowest BCUT2D eigenvalue weighted by atomic mass is 9.95. The number of carbonyl (C=O) groups excluding carboxylic acids is 2. The SMILES string of the molecule is COc1cc2c(cc1NC(=O)C(C)O)-c1c(-c3cccs3)nc(C(=O)NCC(C)(C)C)n1CC2. The first-order chi connectivity index (χ1) is 16.1. The van der Waals surface area contributed by atoms with Crippen molar-refractivity contribution in [2.75, 3.05) is 19.0 Å². The molecule has 2 amide bonds. The van der Waals surface area contributed by atoms with Gasteiger partial charge in [-0.2, -0.15) is 0 Å². The minimum atomic E-state index is -1.16. The second-order valence-electron chi connectivity index (χ2n) is 9.63. The monoisotopic (exact) mass is 482 g/mol. The predicted molar refractivity (Wildman–Crippen MR) is 133 cm³/mol.